The lowest BCUT2D eigenvalue weighted by molar-refractivity contribution is -0.175. The molecule has 3 saturated carbocycles. The maximum absolute atomic E-state index is 14.8. The number of ketones is 1. The summed E-state index contributed by atoms with van der Waals surface area (Å²) < 4.78 is 26.6. The van der Waals surface area contributed by atoms with Crippen molar-refractivity contribution in [2.75, 3.05) is 13.3 Å². The molecule has 0 radical (unpaired) electrons. The molecule has 2 aromatic rings. The Bertz CT molecular complexity index is 2030. The molecule has 8 rings (SSSR count). The Morgan fingerprint density at radius 3 is 2.21 bits per heavy atom. The quantitative estimate of drug-likeness (QED) is 0.237. The van der Waals surface area contributed by atoms with Crippen molar-refractivity contribution < 1.29 is 28.2 Å². The third-order valence-electron chi connectivity index (χ3n) is 17.3. The zero-order chi connectivity index (χ0) is 41.3. The molecule has 0 N–H and O–H groups in total. The van der Waals surface area contributed by atoms with Crippen molar-refractivity contribution in [1.82, 2.24) is 0 Å². The summed E-state index contributed by atoms with van der Waals surface area (Å²) >= 11 is 0. The van der Waals surface area contributed by atoms with Crippen LogP contribution in [0.25, 0.3) is 0 Å². The highest BCUT2D eigenvalue weighted by Gasteiger charge is 2.68. The number of alkyl halides is 1. The van der Waals surface area contributed by atoms with E-state index in [0.717, 1.165) is 49.7 Å². The van der Waals surface area contributed by atoms with E-state index in [-0.39, 0.29) is 47.1 Å². The SMILES string of the molecule is CC(C)C1=C2[C@@H]3CC[C@@H]4[C@H]5[C@@H](CC[C@@]4(C)[C@]3(C)CC[C@@]2(COC(=O)c2ccccc2)CC1=O)C(C)(C)C(C1=CC[C@](CF)(C(=O)OCc2ccccc2)CC1)=C[C@@H]5C. The molecule has 0 saturated heterocycles. The second-order valence-electron chi connectivity index (χ2n) is 20.7. The Morgan fingerprint density at radius 2 is 1.55 bits per heavy atom. The van der Waals surface area contributed by atoms with Gasteiger partial charge in [0.1, 0.15) is 19.9 Å². The Labute approximate surface area is 346 Å². The summed E-state index contributed by atoms with van der Waals surface area (Å²) in [7, 11) is 0. The average Bonchev–Trinajstić information content (AvgIpc) is 3.53. The predicted octanol–water partition coefficient (Wildman–Crippen LogP) is 12.0. The monoisotopic (exact) mass is 788 g/mol. The third-order valence-corrected chi connectivity index (χ3v) is 17.3. The van der Waals surface area contributed by atoms with Gasteiger partial charge in [0.2, 0.25) is 0 Å². The van der Waals surface area contributed by atoms with Gasteiger partial charge >= 0.3 is 11.9 Å². The van der Waals surface area contributed by atoms with E-state index in [1.807, 2.05) is 48.5 Å². The van der Waals surface area contributed by atoms with Crippen LogP contribution in [0.1, 0.15) is 129 Å². The standard InChI is InChI=1S/C52H65FO5/c1-33(2)43-42(54)29-52(32-58-46(55)37-16-12-9-13-17-37)27-26-50(7)40(45(43)52)19-18-39-44-34(3)28-41(48(4,5)38(44)22-23-49(39,50)6)36-20-24-51(31-53,25-21-36)47(56)57-30-35-14-10-8-11-15-35/h8-17,20,28,33-34,38-40,44H,18-19,21-27,29-32H2,1-7H3/t34-,38+,39+,40-,44+,49+,50+,51-,52-/m0/s1. The first-order valence-electron chi connectivity index (χ1n) is 22.3. The highest BCUT2D eigenvalue weighted by molar-refractivity contribution is 6.01. The lowest BCUT2D eigenvalue weighted by Crippen LogP contribution is -2.62. The summed E-state index contributed by atoms with van der Waals surface area (Å²) in [4.78, 5) is 40.7. The van der Waals surface area contributed by atoms with Crippen LogP contribution < -0.4 is 0 Å². The molecule has 0 unspecified atom stereocenters. The fourth-order valence-electron chi connectivity index (χ4n) is 13.9. The van der Waals surface area contributed by atoms with Gasteiger partial charge in [-0.25, -0.2) is 9.18 Å². The van der Waals surface area contributed by atoms with Crippen molar-refractivity contribution in [3.05, 3.63) is 106 Å². The summed E-state index contributed by atoms with van der Waals surface area (Å²) in [6.45, 7) is 16.6. The highest BCUT2D eigenvalue weighted by atomic mass is 19.1. The molecule has 0 bridgehead atoms. The topological polar surface area (TPSA) is 69.7 Å². The van der Waals surface area contributed by atoms with E-state index in [1.54, 1.807) is 12.1 Å². The van der Waals surface area contributed by atoms with Crippen molar-refractivity contribution >= 4 is 17.7 Å². The number of carbonyl (C=O) groups excluding carboxylic acids is 3. The molecule has 0 heterocycles. The molecule has 6 aliphatic rings. The molecule has 0 spiro atoms. The van der Waals surface area contributed by atoms with E-state index in [9.17, 15) is 18.8 Å². The maximum Gasteiger partial charge on any atom is 0.338 e. The molecule has 6 aliphatic carbocycles. The summed E-state index contributed by atoms with van der Waals surface area (Å²) in [5.41, 5.74) is 5.03. The summed E-state index contributed by atoms with van der Waals surface area (Å²) in [6, 6.07) is 18.8. The zero-order valence-corrected chi connectivity index (χ0v) is 36.0. The van der Waals surface area contributed by atoms with Gasteiger partial charge < -0.3 is 9.47 Å². The van der Waals surface area contributed by atoms with Gasteiger partial charge in [-0.15, -0.1) is 0 Å². The van der Waals surface area contributed by atoms with E-state index < -0.39 is 23.5 Å². The van der Waals surface area contributed by atoms with Crippen LogP contribution >= 0.6 is 0 Å². The van der Waals surface area contributed by atoms with E-state index >= 15 is 0 Å². The van der Waals surface area contributed by atoms with Crippen molar-refractivity contribution in [1.29, 1.82) is 0 Å². The van der Waals surface area contributed by atoms with Crippen molar-refractivity contribution in [2.45, 2.75) is 119 Å². The molecule has 58 heavy (non-hydrogen) atoms. The van der Waals surface area contributed by atoms with Crippen LogP contribution in [0.15, 0.2) is 95.1 Å². The number of Topliss-reactive ketones (excluding diaryl/α,β-unsaturated/α-hetero) is 1. The minimum absolute atomic E-state index is 0.0263. The molecule has 5 nitrogen and oxygen atoms in total. The van der Waals surface area contributed by atoms with Gasteiger partial charge in [0, 0.05) is 11.8 Å². The Balaban J connectivity index is 1.04. The number of hydrogen-bond donors (Lipinski definition) is 0. The van der Waals surface area contributed by atoms with Gasteiger partial charge in [0.25, 0.3) is 0 Å². The van der Waals surface area contributed by atoms with Crippen LogP contribution in [0.4, 0.5) is 4.39 Å². The zero-order valence-electron chi connectivity index (χ0n) is 36.0. The second-order valence-corrected chi connectivity index (χ2v) is 20.7. The van der Waals surface area contributed by atoms with Gasteiger partial charge in [-0.3, -0.25) is 9.59 Å². The molecule has 0 aromatic heterocycles. The number of allylic oxidation sites excluding steroid dienone is 5. The minimum atomic E-state index is -1.12. The Morgan fingerprint density at radius 1 is 0.845 bits per heavy atom. The molecule has 0 aliphatic heterocycles. The van der Waals surface area contributed by atoms with E-state index in [2.05, 4.69) is 60.6 Å². The normalized spacial score (nSPS) is 36.5. The molecular formula is C52H65FO5. The number of hydrogen-bond acceptors (Lipinski definition) is 5. The van der Waals surface area contributed by atoms with Crippen molar-refractivity contribution in [3.8, 4) is 0 Å². The highest BCUT2D eigenvalue weighted by Crippen LogP contribution is 2.75. The fourth-order valence-corrected chi connectivity index (χ4v) is 13.9. The molecule has 310 valence electrons. The van der Waals surface area contributed by atoms with Gasteiger partial charge in [-0.05, 0) is 150 Å². The van der Waals surface area contributed by atoms with Crippen LogP contribution in [0.3, 0.4) is 0 Å². The van der Waals surface area contributed by atoms with E-state index in [1.165, 1.54) is 16.7 Å². The predicted molar refractivity (Wildman–Crippen MR) is 226 cm³/mol. The fraction of sp³-hybridized carbons (Fsp3) is 0.596. The lowest BCUT2D eigenvalue weighted by atomic mass is 9.35. The first kappa shape index (κ1) is 41.0. The summed E-state index contributed by atoms with van der Waals surface area (Å²) in [5, 5.41) is 0. The van der Waals surface area contributed by atoms with E-state index in [0.29, 0.717) is 60.8 Å². The van der Waals surface area contributed by atoms with Crippen LogP contribution in [0.5, 0.6) is 0 Å². The molecule has 0 amide bonds. The molecule has 2 aromatic carbocycles. The molecule has 9 atom stereocenters. The number of rotatable bonds is 9. The number of esters is 2. The Kier molecular flexibility index (Phi) is 10.6. The van der Waals surface area contributed by atoms with Gasteiger partial charge in [-0.2, -0.15) is 0 Å². The maximum atomic E-state index is 14.8. The summed E-state index contributed by atoms with van der Waals surface area (Å²) in [6.07, 6.45) is 13.1. The largest absolute Gasteiger partial charge is 0.461 e. The average molecular weight is 789 g/mol. The van der Waals surface area contributed by atoms with Gasteiger partial charge in [-0.1, -0.05) is 109 Å². The molecular weight excluding hydrogens is 724 g/mol. The van der Waals surface area contributed by atoms with Crippen LogP contribution in [0, 0.1) is 62.6 Å². The number of carbonyl (C=O) groups is 3. The van der Waals surface area contributed by atoms with Crippen molar-refractivity contribution in [2.24, 2.45) is 62.6 Å². The number of ether oxygens (including phenoxy) is 2. The number of halogens is 1. The van der Waals surface area contributed by atoms with E-state index in [4.69, 9.17) is 9.47 Å². The smallest absolute Gasteiger partial charge is 0.338 e. The van der Waals surface area contributed by atoms with Crippen molar-refractivity contribution in [3.63, 3.8) is 0 Å². The van der Waals surface area contributed by atoms with Crippen LogP contribution in [-0.2, 0) is 25.7 Å². The third kappa shape index (κ3) is 6.40. The Hall–Kier alpha value is -3.80. The molecule has 3 fully saturated rings. The van der Waals surface area contributed by atoms with Gasteiger partial charge in [0.05, 0.1) is 11.0 Å². The van der Waals surface area contributed by atoms with Crippen LogP contribution in [-0.4, -0.2) is 31.0 Å². The van der Waals surface area contributed by atoms with Crippen LogP contribution in [0.2, 0.25) is 0 Å². The first-order chi connectivity index (χ1) is 27.6. The lowest BCUT2D eigenvalue weighted by Gasteiger charge is -2.69. The van der Waals surface area contributed by atoms with Gasteiger partial charge in [0.15, 0.2) is 5.78 Å². The number of fused-ring (bicyclic) bond motifs is 7. The minimum Gasteiger partial charge on any atom is -0.461 e. The summed E-state index contributed by atoms with van der Waals surface area (Å²) in [5.74, 6) is 1.94. The first-order valence-corrected chi connectivity index (χ1v) is 22.3. The number of benzene rings is 2. The second kappa shape index (κ2) is 15.0. The molecule has 6 heteroatoms.